The number of hydrazine groups is 1. The number of halogens is 1. The van der Waals surface area contributed by atoms with Gasteiger partial charge in [0.2, 0.25) is 0 Å². The van der Waals surface area contributed by atoms with Crippen molar-refractivity contribution in [1.82, 2.24) is 10.9 Å². The second-order valence-electron chi connectivity index (χ2n) is 4.58. The number of carbonyl (C=O) groups excluding carboxylic acids is 3. The molecule has 112 valence electrons. The van der Waals surface area contributed by atoms with E-state index in [0.717, 1.165) is 11.6 Å². The zero-order valence-corrected chi connectivity index (χ0v) is 11.7. The van der Waals surface area contributed by atoms with E-state index in [1.165, 1.54) is 30.3 Å². The molecule has 0 atom stereocenters. The van der Waals surface area contributed by atoms with Crippen LogP contribution in [0, 0.1) is 12.7 Å². The van der Waals surface area contributed by atoms with Crippen LogP contribution in [0.3, 0.4) is 0 Å². The van der Waals surface area contributed by atoms with Crippen molar-refractivity contribution in [1.29, 1.82) is 0 Å². The number of rotatable bonds is 3. The molecular formula is C16H13FN2O3. The minimum atomic E-state index is -1.01. The highest BCUT2D eigenvalue weighted by Gasteiger charge is 2.17. The Kier molecular flexibility index (Phi) is 4.63. The molecule has 6 heteroatoms. The zero-order chi connectivity index (χ0) is 16.1. The Hall–Kier alpha value is -3.02. The maximum absolute atomic E-state index is 13.4. The van der Waals surface area contributed by atoms with E-state index in [2.05, 4.69) is 0 Å². The van der Waals surface area contributed by atoms with Crippen molar-refractivity contribution in [2.75, 3.05) is 0 Å². The maximum Gasteiger partial charge on any atom is 0.310 e. The minimum Gasteiger partial charge on any atom is -0.283 e. The van der Waals surface area contributed by atoms with Gasteiger partial charge in [-0.2, -0.15) is 0 Å². The molecule has 2 aromatic rings. The van der Waals surface area contributed by atoms with Crippen molar-refractivity contribution >= 4 is 17.6 Å². The molecular weight excluding hydrogens is 287 g/mol. The molecule has 0 bridgehead atoms. The largest absolute Gasteiger partial charge is 0.310 e. The Bertz CT molecular complexity index is 726. The van der Waals surface area contributed by atoms with Crippen molar-refractivity contribution < 1.29 is 18.8 Å². The number of amides is 2. The van der Waals surface area contributed by atoms with Gasteiger partial charge in [0.25, 0.3) is 11.7 Å². The molecule has 0 aromatic heterocycles. The molecule has 0 saturated carbocycles. The van der Waals surface area contributed by atoms with Crippen molar-refractivity contribution in [2.45, 2.75) is 6.92 Å². The van der Waals surface area contributed by atoms with Gasteiger partial charge in [0.05, 0.1) is 5.56 Å². The number of benzene rings is 2. The Balaban J connectivity index is 1.98. The van der Waals surface area contributed by atoms with Crippen molar-refractivity contribution in [3.8, 4) is 0 Å². The fraction of sp³-hybridized carbons (Fsp3) is 0.0625. The third-order valence-corrected chi connectivity index (χ3v) is 2.93. The summed E-state index contributed by atoms with van der Waals surface area (Å²) in [7, 11) is 0. The number of carbonyl (C=O) groups is 3. The molecule has 0 spiro atoms. The molecule has 0 heterocycles. The molecule has 2 amide bonds. The van der Waals surface area contributed by atoms with Gasteiger partial charge < -0.3 is 0 Å². The molecule has 0 unspecified atom stereocenters. The lowest BCUT2D eigenvalue weighted by Crippen LogP contribution is -2.45. The van der Waals surface area contributed by atoms with Gasteiger partial charge in [-0.3, -0.25) is 25.2 Å². The van der Waals surface area contributed by atoms with Gasteiger partial charge in [-0.05, 0) is 19.1 Å². The van der Waals surface area contributed by atoms with E-state index in [1.807, 2.05) is 17.8 Å². The molecule has 0 fully saturated rings. The molecule has 2 rings (SSSR count). The Morgan fingerprint density at radius 1 is 0.909 bits per heavy atom. The molecule has 2 N–H and O–H groups in total. The zero-order valence-electron chi connectivity index (χ0n) is 11.7. The van der Waals surface area contributed by atoms with Crippen molar-refractivity contribution in [2.24, 2.45) is 0 Å². The standard InChI is InChI=1S/C16H13FN2O3/c1-10-6-8-11(9-7-10)14(20)16(22)19-18-15(21)12-4-2-3-5-13(12)17/h2-9H,1H3,(H,18,21)(H,19,22). The summed E-state index contributed by atoms with van der Waals surface area (Å²) in [6.45, 7) is 1.85. The van der Waals surface area contributed by atoms with Gasteiger partial charge in [0.15, 0.2) is 0 Å². The Labute approximate surface area is 126 Å². The second-order valence-corrected chi connectivity index (χ2v) is 4.58. The average molecular weight is 300 g/mol. The van der Waals surface area contributed by atoms with Crippen LogP contribution in [0.25, 0.3) is 0 Å². The molecule has 0 aliphatic heterocycles. The van der Waals surface area contributed by atoms with E-state index in [9.17, 15) is 18.8 Å². The van der Waals surface area contributed by atoms with Gasteiger partial charge in [0.1, 0.15) is 5.82 Å². The lowest BCUT2D eigenvalue weighted by atomic mass is 10.1. The van der Waals surface area contributed by atoms with Crippen LogP contribution in [0.5, 0.6) is 0 Å². The highest BCUT2D eigenvalue weighted by atomic mass is 19.1. The number of hydrogen-bond acceptors (Lipinski definition) is 3. The first-order valence-corrected chi connectivity index (χ1v) is 6.45. The van der Waals surface area contributed by atoms with Gasteiger partial charge in [-0.15, -0.1) is 0 Å². The van der Waals surface area contributed by atoms with Crippen LogP contribution in [0.2, 0.25) is 0 Å². The second kappa shape index (κ2) is 6.62. The van der Waals surface area contributed by atoms with Gasteiger partial charge in [-0.25, -0.2) is 4.39 Å². The molecule has 0 aliphatic carbocycles. The predicted octanol–water partition coefficient (Wildman–Crippen LogP) is 1.78. The van der Waals surface area contributed by atoms with Gasteiger partial charge in [0, 0.05) is 5.56 Å². The molecule has 5 nitrogen and oxygen atoms in total. The lowest BCUT2D eigenvalue weighted by Gasteiger charge is -2.07. The van der Waals surface area contributed by atoms with E-state index in [4.69, 9.17) is 0 Å². The van der Waals surface area contributed by atoms with Crippen molar-refractivity contribution in [3.63, 3.8) is 0 Å². The van der Waals surface area contributed by atoms with Crippen LogP contribution in [0.4, 0.5) is 4.39 Å². The smallest absolute Gasteiger partial charge is 0.283 e. The summed E-state index contributed by atoms with van der Waals surface area (Å²) in [6, 6.07) is 11.7. The van der Waals surface area contributed by atoms with E-state index < -0.39 is 23.4 Å². The van der Waals surface area contributed by atoms with Crippen LogP contribution in [0.15, 0.2) is 48.5 Å². The quantitative estimate of drug-likeness (QED) is 0.515. The third kappa shape index (κ3) is 3.54. The molecule has 0 saturated heterocycles. The van der Waals surface area contributed by atoms with Crippen LogP contribution in [-0.4, -0.2) is 17.6 Å². The summed E-state index contributed by atoms with van der Waals surface area (Å²) in [4.78, 5) is 35.2. The highest BCUT2D eigenvalue weighted by molar-refractivity contribution is 6.42. The maximum atomic E-state index is 13.4. The van der Waals surface area contributed by atoms with Crippen LogP contribution in [-0.2, 0) is 4.79 Å². The number of nitrogens with one attached hydrogen (secondary N) is 2. The first kappa shape index (κ1) is 15.4. The number of hydrogen-bond donors (Lipinski definition) is 2. The summed E-state index contributed by atoms with van der Waals surface area (Å²) in [5.41, 5.74) is 4.88. The summed E-state index contributed by atoms with van der Waals surface area (Å²) in [6.07, 6.45) is 0. The summed E-state index contributed by atoms with van der Waals surface area (Å²) < 4.78 is 13.4. The first-order chi connectivity index (χ1) is 10.5. The average Bonchev–Trinajstić information content (AvgIpc) is 2.52. The number of aryl methyl sites for hydroxylation is 1. The van der Waals surface area contributed by atoms with E-state index in [-0.39, 0.29) is 11.1 Å². The van der Waals surface area contributed by atoms with Gasteiger partial charge >= 0.3 is 5.91 Å². The molecule has 0 aliphatic rings. The SMILES string of the molecule is Cc1ccc(C(=O)C(=O)NNC(=O)c2ccccc2F)cc1. The van der Waals surface area contributed by atoms with Crippen LogP contribution < -0.4 is 10.9 Å². The fourth-order valence-corrected chi connectivity index (χ4v) is 1.72. The van der Waals surface area contributed by atoms with Crippen LogP contribution >= 0.6 is 0 Å². The minimum absolute atomic E-state index is 0.197. The first-order valence-electron chi connectivity index (χ1n) is 6.45. The predicted molar refractivity (Wildman–Crippen MR) is 77.5 cm³/mol. The number of ketones is 1. The normalized spacial score (nSPS) is 9.91. The van der Waals surface area contributed by atoms with E-state index in [1.54, 1.807) is 12.1 Å². The summed E-state index contributed by atoms with van der Waals surface area (Å²) in [5.74, 6) is -3.37. The molecule has 0 radical (unpaired) electrons. The lowest BCUT2D eigenvalue weighted by molar-refractivity contribution is -0.117. The van der Waals surface area contributed by atoms with E-state index in [0.29, 0.717) is 0 Å². The Morgan fingerprint density at radius 2 is 1.55 bits per heavy atom. The monoisotopic (exact) mass is 300 g/mol. The van der Waals surface area contributed by atoms with Gasteiger partial charge in [-0.1, -0.05) is 42.0 Å². The summed E-state index contributed by atoms with van der Waals surface area (Å²) in [5, 5.41) is 0. The van der Waals surface area contributed by atoms with E-state index >= 15 is 0 Å². The summed E-state index contributed by atoms with van der Waals surface area (Å²) >= 11 is 0. The third-order valence-electron chi connectivity index (χ3n) is 2.93. The molecule has 22 heavy (non-hydrogen) atoms. The highest BCUT2D eigenvalue weighted by Crippen LogP contribution is 2.06. The number of Topliss-reactive ketones (excluding diaryl/α,β-unsaturated/α-hetero) is 1. The molecule has 2 aromatic carbocycles. The topological polar surface area (TPSA) is 75.3 Å². The van der Waals surface area contributed by atoms with Crippen molar-refractivity contribution in [3.05, 3.63) is 71.0 Å². The fourth-order valence-electron chi connectivity index (χ4n) is 1.72. The van der Waals surface area contributed by atoms with Crippen LogP contribution in [0.1, 0.15) is 26.3 Å². The Morgan fingerprint density at radius 3 is 2.18 bits per heavy atom.